The van der Waals surface area contributed by atoms with Gasteiger partial charge >= 0.3 is 0 Å². The molecule has 4 nitrogen and oxygen atoms in total. The lowest BCUT2D eigenvalue weighted by molar-refractivity contribution is -0.139. The number of carbonyl (C=O) groups excluding carboxylic acids is 1. The summed E-state index contributed by atoms with van der Waals surface area (Å²) in [6.07, 6.45) is 1.19. The van der Waals surface area contributed by atoms with Crippen molar-refractivity contribution >= 4 is 11.6 Å². The van der Waals surface area contributed by atoms with Crippen molar-refractivity contribution in [2.24, 2.45) is 11.1 Å². The normalized spacial score (nSPS) is 20.7. The molecular formula is C15H21N3O. The van der Waals surface area contributed by atoms with Crippen LogP contribution < -0.4 is 10.6 Å². The Kier molecular flexibility index (Phi) is 2.97. The van der Waals surface area contributed by atoms with Crippen molar-refractivity contribution in [1.82, 2.24) is 4.90 Å². The van der Waals surface area contributed by atoms with Crippen LogP contribution in [0.1, 0.15) is 18.9 Å². The third-order valence-corrected chi connectivity index (χ3v) is 4.47. The SMILES string of the molecule is CC(=O)N1CC2(CCN(c3ccc(CN)cc3)C2)C1. The van der Waals surface area contributed by atoms with Crippen LogP contribution in [0.15, 0.2) is 24.3 Å². The maximum atomic E-state index is 11.3. The van der Waals surface area contributed by atoms with Gasteiger partial charge in [-0.3, -0.25) is 4.79 Å². The summed E-state index contributed by atoms with van der Waals surface area (Å²) in [4.78, 5) is 15.7. The van der Waals surface area contributed by atoms with Crippen LogP contribution in [0.2, 0.25) is 0 Å². The Morgan fingerprint density at radius 3 is 2.53 bits per heavy atom. The van der Waals surface area contributed by atoms with E-state index in [4.69, 9.17) is 5.73 Å². The molecule has 0 unspecified atom stereocenters. The number of nitrogens with two attached hydrogens (primary N) is 1. The molecule has 4 heteroatoms. The molecule has 0 radical (unpaired) electrons. The predicted molar refractivity (Wildman–Crippen MR) is 75.9 cm³/mol. The highest BCUT2D eigenvalue weighted by Crippen LogP contribution is 2.41. The fourth-order valence-corrected chi connectivity index (χ4v) is 3.24. The first-order valence-electron chi connectivity index (χ1n) is 6.91. The molecule has 2 saturated heterocycles. The van der Waals surface area contributed by atoms with Crippen molar-refractivity contribution in [2.45, 2.75) is 19.9 Å². The minimum Gasteiger partial charge on any atom is -0.371 e. The van der Waals surface area contributed by atoms with E-state index in [-0.39, 0.29) is 5.91 Å². The van der Waals surface area contributed by atoms with E-state index < -0.39 is 0 Å². The molecule has 2 aliphatic heterocycles. The van der Waals surface area contributed by atoms with Gasteiger partial charge in [-0.15, -0.1) is 0 Å². The Balaban J connectivity index is 1.64. The number of amides is 1. The zero-order valence-electron chi connectivity index (χ0n) is 11.4. The molecule has 1 aromatic carbocycles. The van der Waals surface area contributed by atoms with Gasteiger partial charge in [-0.05, 0) is 24.1 Å². The summed E-state index contributed by atoms with van der Waals surface area (Å²) in [5.41, 5.74) is 8.41. The van der Waals surface area contributed by atoms with Crippen molar-refractivity contribution in [3.8, 4) is 0 Å². The Hall–Kier alpha value is -1.55. The highest BCUT2D eigenvalue weighted by atomic mass is 16.2. The third-order valence-electron chi connectivity index (χ3n) is 4.47. The van der Waals surface area contributed by atoms with E-state index in [1.54, 1.807) is 6.92 Å². The molecule has 2 N–H and O–H groups in total. The van der Waals surface area contributed by atoms with Crippen molar-refractivity contribution in [3.05, 3.63) is 29.8 Å². The minimum atomic E-state index is 0.205. The molecule has 0 aromatic heterocycles. The fraction of sp³-hybridized carbons (Fsp3) is 0.533. The average molecular weight is 259 g/mol. The molecule has 2 heterocycles. The van der Waals surface area contributed by atoms with E-state index >= 15 is 0 Å². The van der Waals surface area contributed by atoms with Crippen molar-refractivity contribution in [1.29, 1.82) is 0 Å². The van der Waals surface area contributed by atoms with Gasteiger partial charge in [-0.1, -0.05) is 12.1 Å². The Labute approximate surface area is 114 Å². The van der Waals surface area contributed by atoms with Crippen molar-refractivity contribution in [2.75, 3.05) is 31.1 Å². The summed E-state index contributed by atoms with van der Waals surface area (Å²) in [7, 11) is 0. The van der Waals surface area contributed by atoms with Crippen LogP contribution >= 0.6 is 0 Å². The number of likely N-dealkylation sites (tertiary alicyclic amines) is 1. The molecule has 19 heavy (non-hydrogen) atoms. The zero-order valence-corrected chi connectivity index (χ0v) is 11.4. The first-order chi connectivity index (χ1) is 9.12. The Morgan fingerprint density at radius 1 is 1.26 bits per heavy atom. The summed E-state index contributed by atoms with van der Waals surface area (Å²) in [5.74, 6) is 0.205. The molecule has 102 valence electrons. The monoisotopic (exact) mass is 259 g/mol. The first kappa shape index (κ1) is 12.5. The van der Waals surface area contributed by atoms with Crippen molar-refractivity contribution < 1.29 is 4.79 Å². The van der Waals surface area contributed by atoms with Gasteiger partial charge in [0.05, 0.1) is 0 Å². The molecule has 1 amide bonds. The van der Waals surface area contributed by atoms with E-state index in [1.807, 2.05) is 4.90 Å². The average Bonchev–Trinajstić information content (AvgIpc) is 2.82. The first-order valence-corrected chi connectivity index (χ1v) is 6.91. The minimum absolute atomic E-state index is 0.205. The van der Waals surface area contributed by atoms with Gasteiger partial charge in [-0.2, -0.15) is 0 Å². The summed E-state index contributed by atoms with van der Waals surface area (Å²) < 4.78 is 0. The lowest BCUT2D eigenvalue weighted by atomic mass is 9.79. The highest BCUT2D eigenvalue weighted by Gasteiger charge is 2.48. The number of hydrogen-bond acceptors (Lipinski definition) is 3. The van der Waals surface area contributed by atoms with Crippen LogP contribution in [0.4, 0.5) is 5.69 Å². The van der Waals surface area contributed by atoms with Gasteiger partial charge < -0.3 is 15.5 Å². The largest absolute Gasteiger partial charge is 0.371 e. The van der Waals surface area contributed by atoms with E-state index in [1.165, 1.54) is 17.7 Å². The van der Waals surface area contributed by atoms with Crippen LogP contribution in [0.3, 0.4) is 0 Å². The Morgan fingerprint density at radius 2 is 1.95 bits per heavy atom. The summed E-state index contributed by atoms with van der Waals surface area (Å²) in [6.45, 7) is 6.27. The molecule has 0 saturated carbocycles. The maximum absolute atomic E-state index is 11.3. The molecular weight excluding hydrogens is 238 g/mol. The molecule has 2 fully saturated rings. The van der Waals surface area contributed by atoms with Crippen LogP contribution in [0, 0.1) is 5.41 Å². The Bertz CT molecular complexity index is 477. The van der Waals surface area contributed by atoms with Gasteiger partial charge in [0.15, 0.2) is 0 Å². The standard InChI is InChI=1S/C15H21N3O/c1-12(19)18-10-15(11-18)6-7-17(9-15)14-4-2-13(8-16)3-5-14/h2-5H,6-11,16H2,1H3. The van der Waals surface area contributed by atoms with E-state index in [2.05, 4.69) is 29.2 Å². The predicted octanol–water partition coefficient (Wildman–Crippen LogP) is 1.20. The van der Waals surface area contributed by atoms with E-state index in [0.717, 1.165) is 26.2 Å². The number of benzene rings is 1. The quantitative estimate of drug-likeness (QED) is 0.868. The summed E-state index contributed by atoms with van der Waals surface area (Å²) >= 11 is 0. The van der Waals surface area contributed by atoms with E-state index in [0.29, 0.717) is 12.0 Å². The lowest BCUT2D eigenvalue weighted by Crippen LogP contribution is -2.58. The number of carbonyl (C=O) groups is 1. The number of hydrogen-bond donors (Lipinski definition) is 1. The van der Waals surface area contributed by atoms with Crippen LogP contribution in [-0.4, -0.2) is 37.0 Å². The summed E-state index contributed by atoms with van der Waals surface area (Å²) in [5, 5.41) is 0. The van der Waals surface area contributed by atoms with Crippen LogP contribution in [0.5, 0.6) is 0 Å². The highest BCUT2D eigenvalue weighted by molar-refractivity contribution is 5.74. The second kappa shape index (κ2) is 4.53. The van der Waals surface area contributed by atoms with Gasteiger partial charge in [0.2, 0.25) is 5.91 Å². The molecule has 1 aromatic rings. The van der Waals surface area contributed by atoms with Gasteiger partial charge in [0.25, 0.3) is 0 Å². The van der Waals surface area contributed by atoms with Gasteiger partial charge in [0, 0.05) is 50.7 Å². The molecule has 2 aliphatic rings. The van der Waals surface area contributed by atoms with Gasteiger partial charge in [-0.25, -0.2) is 0 Å². The molecule has 0 bridgehead atoms. The molecule has 0 atom stereocenters. The number of rotatable bonds is 2. The fourth-order valence-electron chi connectivity index (χ4n) is 3.24. The molecule has 0 aliphatic carbocycles. The van der Waals surface area contributed by atoms with Crippen molar-refractivity contribution in [3.63, 3.8) is 0 Å². The van der Waals surface area contributed by atoms with Crippen LogP contribution in [-0.2, 0) is 11.3 Å². The number of nitrogens with zero attached hydrogens (tertiary/aromatic N) is 2. The second-order valence-corrected chi connectivity index (χ2v) is 5.92. The number of anilines is 1. The van der Waals surface area contributed by atoms with Crippen LogP contribution in [0.25, 0.3) is 0 Å². The third kappa shape index (κ3) is 2.21. The maximum Gasteiger partial charge on any atom is 0.219 e. The smallest absolute Gasteiger partial charge is 0.219 e. The van der Waals surface area contributed by atoms with E-state index in [9.17, 15) is 4.79 Å². The zero-order chi connectivity index (χ0) is 13.5. The lowest BCUT2D eigenvalue weighted by Gasteiger charge is -2.47. The van der Waals surface area contributed by atoms with Gasteiger partial charge in [0.1, 0.15) is 0 Å². The topological polar surface area (TPSA) is 49.6 Å². The molecule has 1 spiro atoms. The second-order valence-electron chi connectivity index (χ2n) is 5.92. The molecule has 3 rings (SSSR count). The summed E-state index contributed by atoms with van der Waals surface area (Å²) in [6, 6.07) is 8.51.